The van der Waals surface area contributed by atoms with Gasteiger partial charge in [-0.1, -0.05) is 287 Å². The molecule has 1 unspecified atom stereocenters. The summed E-state index contributed by atoms with van der Waals surface area (Å²) in [6, 6.07) is 60.9. The summed E-state index contributed by atoms with van der Waals surface area (Å²) in [4.78, 5) is 0. The molecule has 0 amide bonds. The van der Waals surface area contributed by atoms with Crippen molar-refractivity contribution in [2.45, 2.75) is 161 Å². The lowest BCUT2D eigenvalue weighted by atomic mass is 10.2. The lowest BCUT2D eigenvalue weighted by Crippen LogP contribution is -2.48. The Labute approximate surface area is 384 Å². The van der Waals surface area contributed by atoms with Gasteiger partial charge in [0.1, 0.15) is 5.75 Å². The van der Waals surface area contributed by atoms with Crippen LogP contribution in [-0.4, -0.2) is 27.7 Å². The standard InChI is InChI=1S/C56H81NOP2Si2/c1-8-14-42-61(43-15-9-2,44-16-10-3)53-38-34-51(35-39-53)59(52-36-40-54(41-37-52)62(45-17-11-4,46-18-12-5)47-19-13-6)57(48-49-28-22-20-23-29-49)60(50-30-24-21-25-31-50)56-33-27-26-32-55(56)58-7/h20-41H,8-19,42-48H2,1-7H3. The van der Waals surface area contributed by atoms with Crippen LogP contribution in [0, 0.1) is 0 Å². The Morgan fingerprint density at radius 2 is 0.758 bits per heavy atom. The van der Waals surface area contributed by atoms with Crippen LogP contribution in [0.25, 0.3) is 0 Å². The average molecular weight is 902 g/mol. The fraction of sp³-hybridized carbons (Fsp3) is 0.464. The van der Waals surface area contributed by atoms with E-state index < -0.39 is 32.3 Å². The Morgan fingerprint density at radius 1 is 0.403 bits per heavy atom. The summed E-state index contributed by atoms with van der Waals surface area (Å²) < 4.78 is 9.16. The lowest BCUT2D eigenvalue weighted by Gasteiger charge is -2.40. The molecule has 1 atom stereocenters. The smallest absolute Gasteiger partial charge is 0.128 e. The van der Waals surface area contributed by atoms with Gasteiger partial charge in [-0.15, -0.1) is 0 Å². The van der Waals surface area contributed by atoms with Gasteiger partial charge in [0.2, 0.25) is 0 Å². The average Bonchev–Trinajstić information content (AvgIpc) is 3.33. The molecule has 334 valence electrons. The number of unbranched alkanes of at least 4 members (excludes halogenated alkanes) is 6. The van der Waals surface area contributed by atoms with Gasteiger partial charge < -0.3 is 4.74 Å². The van der Waals surface area contributed by atoms with Crippen LogP contribution in [0.3, 0.4) is 0 Å². The number of benzene rings is 5. The van der Waals surface area contributed by atoms with Crippen LogP contribution >= 0.6 is 16.1 Å². The maximum absolute atomic E-state index is 6.24. The predicted molar refractivity (Wildman–Crippen MR) is 286 cm³/mol. The number of nitrogens with zero attached hydrogens (tertiary/aromatic N) is 1. The van der Waals surface area contributed by atoms with E-state index in [0.717, 1.165) is 12.3 Å². The molecule has 0 fully saturated rings. The Balaban J connectivity index is 1.78. The van der Waals surface area contributed by atoms with E-state index in [1.165, 1.54) is 140 Å². The first-order chi connectivity index (χ1) is 30.4. The Hall–Kier alpha value is -2.85. The maximum atomic E-state index is 6.24. The Kier molecular flexibility index (Phi) is 21.7. The van der Waals surface area contributed by atoms with E-state index in [1.54, 1.807) is 10.4 Å². The molecule has 0 N–H and O–H groups in total. The van der Waals surface area contributed by atoms with Gasteiger partial charge in [0.25, 0.3) is 0 Å². The second-order valence-electron chi connectivity index (χ2n) is 17.9. The number of para-hydroxylation sites is 1. The first-order valence-electron chi connectivity index (χ1n) is 24.7. The van der Waals surface area contributed by atoms with Gasteiger partial charge in [0.05, 0.1) is 23.3 Å². The van der Waals surface area contributed by atoms with Crippen molar-refractivity contribution in [3.05, 3.63) is 139 Å². The highest BCUT2D eigenvalue weighted by Gasteiger charge is 2.37. The highest BCUT2D eigenvalue weighted by molar-refractivity contribution is 7.84. The van der Waals surface area contributed by atoms with Crippen LogP contribution in [0.2, 0.25) is 36.3 Å². The van der Waals surface area contributed by atoms with Crippen molar-refractivity contribution in [1.82, 2.24) is 4.44 Å². The summed E-state index contributed by atoms with van der Waals surface area (Å²) in [7, 11) is -3.48. The summed E-state index contributed by atoms with van der Waals surface area (Å²) in [5.74, 6) is 0.971. The van der Waals surface area contributed by atoms with E-state index in [2.05, 4.69) is 179 Å². The van der Waals surface area contributed by atoms with Gasteiger partial charge in [0, 0.05) is 28.0 Å². The van der Waals surface area contributed by atoms with E-state index in [4.69, 9.17) is 4.74 Å². The molecule has 0 aliphatic rings. The van der Waals surface area contributed by atoms with E-state index >= 15 is 0 Å². The second kappa shape index (κ2) is 26.8. The van der Waals surface area contributed by atoms with Crippen molar-refractivity contribution in [1.29, 1.82) is 0 Å². The van der Waals surface area contributed by atoms with E-state index in [0.29, 0.717) is 0 Å². The monoisotopic (exact) mass is 902 g/mol. The molecule has 2 nitrogen and oxygen atoms in total. The zero-order valence-electron chi connectivity index (χ0n) is 39.9. The molecule has 0 spiro atoms. The van der Waals surface area contributed by atoms with Crippen molar-refractivity contribution in [3.63, 3.8) is 0 Å². The number of hydrogen-bond donors (Lipinski definition) is 0. The van der Waals surface area contributed by atoms with Gasteiger partial charge >= 0.3 is 0 Å². The van der Waals surface area contributed by atoms with Gasteiger partial charge in [-0.05, 0) is 33.6 Å². The zero-order valence-corrected chi connectivity index (χ0v) is 43.7. The maximum Gasteiger partial charge on any atom is 0.128 e. The van der Waals surface area contributed by atoms with Gasteiger partial charge in [0.15, 0.2) is 0 Å². The summed E-state index contributed by atoms with van der Waals surface area (Å²) in [6.07, 6.45) is 15.8. The minimum Gasteiger partial charge on any atom is -0.496 e. The van der Waals surface area contributed by atoms with E-state index in [1.807, 2.05) is 7.11 Å². The summed E-state index contributed by atoms with van der Waals surface area (Å²) in [5.41, 5.74) is 1.35. The third kappa shape index (κ3) is 13.4. The van der Waals surface area contributed by atoms with Crippen LogP contribution in [0.4, 0.5) is 0 Å². The van der Waals surface area contributed by atoms with Crippen LogP contribution in [0.15, 0.2) is 133 Å². The van der Waals surface area contributed by atoms with Crippen molar-refractivity contribution >= 4 is 63.9 Å². The first-order valence-corrected chi connectivity index (χ1v) is 32.6. The lowest BCUT2D eigenvalue weighted by molar-refractivity contribution is 0.418. The molecule has 5 aromatic carbocycles. The Bertz CT molecular complexity index is 1840. The number of ether oxygens (including phenoxy) is 1. The van der Waals surface area contributed by atoms with Crippen molar-refractivity contribution in [2.75, 3.05) is 7.11 Å². The van der Waals surface area contributed by atoms with Crippen LogP contribution in [0.1, 0.15) is 124 Å². The highest BCUT2D eigenvalue weighted by atomic mass is 31.2. The number of hydrogen-bond acceptors (Lipinski definition) is 2. The quantitative estimate of drug-likeness (QED) is 0.0350. The normalized spacial score (nSPS) is 12.6. The number of rotatable bonds is 29. The minimum absolute atomic E-state index is 0.846. The largest absolute Gasteiger partial charge is 0.496 e. The molecule has 62 heavy (non-hydrogen) atoms. The fourth-order valence-corrected chi connectivity index (χ4v) is 27.0. The van der Waals surface area contributed by atoms with E-state index in [9.17, 15) is 0 Å². The van der Waals surface area contributed by atoms with Crippen molar-refractivity contribution < 1.29 is 4.74 Å². The zero-order chi connectivity index (χ0) is 44.0. The second-order valence-corrected chi connectivity index (χ2v) is 31.8. The minimum atomic E-state index is -1.68. The topological polar surface area (TPSA) is 12.5 Å². The molecule has 0 saturated carbocycles. The predicted octanol–water partition coefficient (Wildman–Crippen LogP) is 14.7. The third-order valence-corrected chi connectivity index (χ3v) is 29.9. The molecule has 5 rings (SSSR count). The molecule has 0 aromatic heterocycles. The Morgan fingerprint density at radius 3 is 1.15 bits per heavy atom. The molecule has 0 bridgehead atoms. The van der Waals surface area contributed by atoms with Crippen molar-refractivity contribution in [3.8, 4) is 5.75 Å². The van der Waals surface area contributed by atoms with Crippen molar-refractivity contribution in [2.24, 2.45) is 0 Å². The number of methoxy groups -OCH3 is 1. The van der Waals surface area contributed by atoms with Gasteiger partial charge in [-0.25, -0.2) is 4.44 Å². The molecular formula is C56H81NOP2Si2. The van der Waals surface area contributed by atoms with Crippen LogP contribution in [-0.2, 0) is 6.54 Å². The first kappa shape index (κ1) is 50.2. The fourth-order valence-electron chi connectivity index (χ4n) is 9.78. The molecule has 0 aliphatic heterocycles. The SMILES string of the molecule is CCCC[Si](CCCC)(CCCC)c1ccc(P(c2ccc([Si](CCCC)(CCCC)CCCC)cc2)N(Cc2ccccc2)P(c2ccccc2)c2ccccc2OC)cc1. The van der Waals surface area contributed by atoms with Crippen LogP contribution < -0.4 is 36.3 Å². The summed E-state index contributed by atoms with van der Waals surface area (Å²) >= 11 is 0. The molecule has 5 aromatic rings. The molecular weight excluding hydrogens is 821 g/mol. The highest BCUT2D eigenvalue weighted by Crippen LogP contribution is 2.56. The summed E-state index contributed by atoms with van der Waals surface area (Å²) in [6.45, 7) is 15.2. The van der Waals surface area contributed by atoms with Gasteiger partial charge in [-0.3, -0.25) is 0 Å². The molecule has 0 saturated heterocycles. The third-order valence-electron chi connectivity index (χ3n) is 13.4. The summed E-state index contributed by atoms with van der Waals surface area (Å²) in [5, 5.41) is 8.96. The molecule has 6 heteroatoms. The van der Waals surface area contributed by atoms with E-state index in [-0.39, 0.29) is 0 Å². The molecule has 0 heterocycles. The van der Waals surface area contributed by atoms with Crippen LogP contribution in [0.5, 0.6) is 5.75 Å². The van der Waals surface area contributed by atoms with Gasteiger partial charge in [-0.2, -0.15) is 0 Å². The molecule has 0 radical (unpaired) electrons. The molecule has 0 aliphatic carbocycles.